The fraction of sp³-hybridized carbons (Fsp3) is 0.111. The lowest BCUT2D eigenvalue weighted by Gasteiger charge is -2.10. The Hall–Kier alpha value is -3.19. The van der Waals surface area contributed by atoms with Crippen molar-refractivity contribution in [1.82, 2.24) is 9.97 Å². The van der Waals surface area contributed by atoms with Crippen LogP contribution in [0.4, 0.5) is 17.5 Å². The number of hydrogen-bond donors (Lipinski definition) is 2. The number of rotatable bonds is 7. The Morgan fingerprint density at radius 3 is 2.73 bits per heavy atom. The van der Waals surface area contributed by atoms with Crippen molar-refractivity contribution in [2.45, 2.75) is 13.1 Å². The molecule has 0 fully saturated rings. The van der Waals surface area contributed by atoms with Gasteiger partial charge in [-0.2, -0.15) is 4.98 Å². The normalized spacial score (nSPS) is 10.3. The van der Waals surface area contributed by atoms with E-state index < -0.39 is 4.92 Å². The molecule has 0 atom stereocenters. The largest absolute Gasteiger partial charge is 0.360 e. The van der Waals surface area contributed by atoms with Gasteiger partial charge in [-0.1, -0.05) is 48.0 Å². The maximum absolute atomic E-state index is 11.2. The lowest BCUT2D eigenvalue weighted by Crippen LogP contribution is -2.09. The maximum atomic E-state index is 11.2. The molecule has 0 unspecified atom stereocenters. The van der Waals surface area contributed by atoms with Crippen LogP contribution in [-0.4, -0.2) is 14.9 Å². The third kappa shape index (κ3) is 4.46. The van der Waals surface area contributed by atoms with Gasteiger partial charge < -0.3 is 10.6 Å². The minimum atomic E-state index is -0.517. The summed E-state index contributed by atoms with van der Waals surface area (Å²) in [5.41, 5.74) is 1.63. The molecule has 0 aliphatic rings. The highest BCUT2D eigenvalue weighted by Gasteiger charge is 2.17. The summed E-state index contributed by atoms with van der Waals surface area (Å²) in [6.07, 6.45) is 1.18. The molecule has 0 bridgehead atoms. The molecule has 3 aromatic rings. The molecule has 8 heteroatoms. The molecule has 1 radical (unpaired) electrons. The van der Waals surface area contributed by atoms with E-state index in [1.165, 1.54) is 6.20 Å². The van der Waals surface area contributed by atoms with Gasteiger partial charge in [0, 0.05) is 18.1 Å². The molecule has 0 saturated heterocycles. The van der Waals surface area contributed by atoms with Crippen LogP contribution in [0.15, 0.2) is 54.7 Å². The Morgan fingerprint density at radius 1 is 1.15 bits per heavy atom. The van der Waals surface area contributed by atoms with E-state index in [9.17, 15) is 10.1 Å². The first-order valence-electron chi connectivity index (χ1n) is 7.81. The first-order valence-corrected chi connectivity index (χ1v) is 8.19. The SMILES string of the molecule is O=[N+]([O-])c1cnc(NCc2ccccc2Cl)nc1NCc1c[c]ccc1. The molecular formula is C18H15ClN5O2. The number of halogens is 1. The van der Waals surface area contributed by atoms with Crippen molar-refractivity contribution >= 4 is 29.1 Å². The van der Waals surface area contributed by atoms with Gasteiger partial charge in [0.25, 0.3) is 0 Å². The molecule has 131 valence electrons. The highest BCUT2D eigenvalue weighted by atomic mass is 35.5. The quantitative estimate of drug-likeness (QED) is 0.482. The number of nitrogens with one attached hydrogen (secondary N) is 2. The number of nitro groups is 1. The van der Waals surface area contributed by atoms with Crippen molar-refractivity contribution in [3.05, 3.63) is 87.1 Å². The molecular weight excluding hydrogens is 354 g/mol. The standard InChI is InChI=1S/C18H15ClN5O2/c19-15-9-5-4-8-14(15)11-21-18-22-12-16(24(25)26)17(23-18)20-10-13-6-2-1-3-7-13/h1-2,4-9,12H,10-11H2,(H2,20,21,22,23). The zero-order valence-electron chi connectivity index (χ0n) is 13.6. The molecule has 2 aromatic carbocycles. The van der Waals surface area contributed by atoms with Crippen LogP contribution in [0.3, 0.4) is 0 Å². The van der Waals surface area contributed by atoms with Gasteiger partial charge in [-0.3, -0.25) is 10.1 Å². The van der Waals surface area contributed by atoms with Crippen molar-refractivity contribution in [3.8, 4) is 0 Å². The highest BCUT2D eigenvalue weighted by Crippen LogP contribution is 2.23. The van der Waals surface area contributed by atoms with Crippen LogP contribution in [0.5, 0.6) is 0 Å². The zero-order valence-corrected chi connectivity index (χ0v) is 14.4. The van der Waals surface area contributed by atoms with Crippen molar-refractivity contribution in [3.63, 3.8) is 0 Å². The Kier molecular flexibility index (Phi) is 5.60. The summed E-state index contributed by atoms with van der Waals surface area (Å²) in [7, 11) is 0. The molecule has 0 aliphatic heterocycles. The zero-order chi connectivity index (χ0) is 18.4. The van der Waals surface area contributed by atoms with Gasteiger partial charge in [-0.05, 0) is 29.3 Å². The molecule has 3 rings (SSSR count). The predicted molar refractivity (Wildman–Crippen MR) is 100 cm³/mol. The number of aromatic nitrogens is 2. The van der Waals surface area contributed by atoms with Gasteiger partial charge in [0.15, 0.2) is 0 Å². The monoisotopic (exact) mass is 368 g/mol. The number of nitrogens with zero attached hydrogens (tertiary/aromatic N) is 3. The molecule has 7 nitrogen and oxygen atoms in total. The van der Waals surface area contributed by atoms with Crippen LogP contribution in [0.1, 0.15) is 11.1 Å². The number of benzene rings is 2. The van der Waals surface area contributed by atoms with Crippen LogP contribution in [-0.2, 0) is 13.1 Å². The average molecular weight is 369 g/mol. The lowest BCUT2D eigenvalue weighted by molar-refractivity contribution is -0.384. The van der Waals surface area contributed by atoms with Gasteiger partial charge in [-0.15, -0.1) is 0 Å². The van der Waals surface area contributed by atoms with Gasteiger partial charge in [0.05, 0.1) is 4.92 Å². The van der Waals surface area contributed by atoms with E-state index in [0.29, 0.717) is 18.1 Å². The summed E-state index contributed by atoms with van der Waals surface area (Å²) in [4.78, 5) is 18.9. The molecule has 26 heavy (non-hydrogen) atoms. The van der Waals surface area contributed by atoms with E-state index >= 15 is 0 Å². The molecule has 0 amide bonds. The number of hydrogen-bond acceptors (Lipinski definition) is 6. The fourth-order valence-electron chi connectivity index (χ4n) is 2.27. The summed E-state index contributed by atoms with van der Waals surface area (Å²) in [5, 5.41) is 17.8. The van der Waals surface area contributed by atoms with Crippen LogP contribution in [0, 0.1) is 16.2 Å². The minimum Gasteiger partial charge on any atom is -0.360 e. The first kappa shape index (κ1) is 17.6. The van der Waals surface area contributed by atoms with E-state index in [1.807, 2.05) is 30.3 Å². The van der Waals surface area contributed by atoms with Gasteiger partial charge in [0.2, 0.25) is 11.8 Å². The Balaban J connectivity index is 1.75. The van der Waals surface area contributed by atoms with E-state index in [-0.39, 0.29) is 17.5 Å². The molecule has 0 saturated carbocycles. The van der Waals surface area contributed by atoms with E-state index in [4.69, 9.17) is 11.6 Å². The molecule has 2 N–H and O–H groups in total. The highest BCUT2D eigenvalue weighted by molar-refractivity contribution is 6.31. The second kappa shape index (κ2) is 8.26. The van der Waals surface area contributed by atoms with Gasteiger partial charge in [-0.25, -0.2) is 4.98 Å². The summed E-state index contributed by atoms with van der Waals surface area (Å²) >= 11 is 6.12. The Morgan fingerprint density at radius 2 is 2.00 bits per heavy atom. The third-order valence-corrected chi connectivity index (χ3v) is 3.96. The second-order valence-electron chi connectivity index (χ2n) is 5.39. The van der Waals surface area contributed by atoms with Crippen LogP contribution < -0.4 is 10.6 Å². The Labute approximate surface area is 155 Å². The van der Waals surface area contributed by atoms with E-state index in [0.717, 1.165) is 11.1 Å². The molecule has 0 aliphatic carbocycles. The molecule has 1 aromatic heterocycles. The predicted octanol–water partition coefficient (Wildman–Crippen LogP) is 4.06. The third-order valence-electron chi connectivity index (χ3n) is 3.59. The van der Waals surface area contributed by atoms with Crippen LogP contribution in [0.2, 0.25) is 5.02 Å². The first-order chi connectivity index (χ1) is 12.6. The molecule has 1 heterocycles. The van der Waals surface area contributed by atoms with Gasteiger partial charge in [0.1, 0.15) is 6.20 Å². The number of anilines is 2. The van der Waals surface area contributed by atoms with E-state index in [2.05, 4.69) is 26.7 Å². The smallest absolute Gasteiger partial charge is 0.329 e. The van der Waals surface area contributed by atoms with Crippen molar-refractivity contribution in [2.75, 3.05) is 10.6 Å². The second-order valence-corrected chi connectivity index (χ2v) is 5.80. The lowest BCUT2D eigenvalue weighted by atomic mass is 10.2. The van der Waals surface area contributed by atoms with E-state index in [1.54, 1.807) is 18.2 Å². The van der Waals surface area contributed by atoms with Crippen LogP contribution >= 0.6 is 11.6 Å². The summed E-state index contributed by atoms with van der Waals surface area (Å²) in [6.45, 7) is 0.795. The summed E-state index contributed by atoms with van der Waals surface area (Å²) < 4.78 is 0. The maximum Gasteiger partial charge on any atom is 0.329 e. The fourth-order valence-corrected chi connectivity index (χ4v) is 2.47. The van der Waals surface area contributed by atoms with Crippen molar-refractivity contribution < 1.29 is 4.92 Å². The Bertz CT molecular complexity index is 905. The summed E-state index contributed by atoms with van der Waals surface area (Å²) in [6, 6.07) is 17.7. The topological polar surface area (TPSA) is 93.0 Å². The molecule has 0 spiro atoms. The van der Waals surface area contributed by atoms with Gasteiger partial charge >= 0.3 is 5.69 Å². The minimum absolute atomic E-state index is 0.149. The van der Waals surface area contributed by atoms with Crippen molar-refractivity contribution in [2.24, 2.45) is 0 Å². The van der Waals surface area contributed by atoms with Crippen molar-refractivity contribution in [1.29, 1.82) is 0 Å². The van der Waals surface area contributed by atoms with Crippen LogP contribution in [0.25, 0.3) is 0 Å². The summed E-state index contributed by atoms with van der Waals surface area (Å²) in [5.74, 6) is 0.424. The average Bonchev–Trinajstić information content (AvgIpc) is 2.66.